The smallest absolute Gasteiger partial charge is 0.265 e. The molecule has 0 aliphatic carbocycles. The van der Waals surface area contributed by atoms with E-state index in [-0.39, 0.29) is 5.91 Å². The molecule has 8 heteroatoms. The molecule has 0 radical (unpaired) electrons. The first-order valence-electron chi connectivity index (χ1n) is 8.73. The quantitative estimate of drug-likeness (QED) is 0.448. The van der Waals surface area contributed by atoms with Crippen molar-refractivity contribution in [2.24, 2.45) is 0 Å². The Morgan fingerprint density at radius 3 is 2.66 bits per heavy atom. The van der Waals surface area contributed by atoms with E-state index in [1.807, 2.05) is 12.1 Å². The lowest BCUT2D eigenvalue weighted by Gasteiger charge is -2.15. The van der Waals surface area contributed by atoms with Crippen molar-refractivity contribution in [2.45, 2.75) is 13.0 Å². The molecular formula is C21H15Cl2N3O3. The van der Waals surface area contributed by atoms with E-state index in [1.165, 1.54) is 0 Å². The van der Waals surface area contributed by atoms with Crippen LogP contribution in [0.2, 0.25) is 10.0 Å². The number of carbonyl (C=O) groups excluding carboxylic acids is 1. The van der Waals surface area contributed by atoms with Crippen molar-refractivity contribution in [1.82, 2.24) is 9.97 Å². The zero-order chi connectivity index (χ0) is 20.4. The van der Waals surface area contributed by atoms with E-state index in [0.29, 0.717) is 38.5 Å². The minimum absolute atomic E-state index is 0.329. The summed E-state index contributed by atoms with van der Waals surface area (Å²) < 4.78 is 11.4. The van der Waals surface area contributed by atoms with Crippen molar-refractivity contribution < 1.29 is 13.9 Å². The largest absolute Gasteiger partial charge is 0.479 e. The molecule has 2 heterocycles. The molecule has 0 aliphatic rings. The summed E-state index contributed by atoms with van der Waals surface area (Å²) >= 11 is 12.0. The highest BCUT2D eigenvalue weighted by molar-refractivity contribution is 6.35. The Labute approximate surface area is 176 Å². The molecule has 4 aromatic rings. The van der Waals surface area contributed by atoms with Gasteiger partial charge in [-0.2, -0.15) is 0 Å². The normalized spacial score (nSPS) is 12.0. The molecule has 2 aromatic carbocycles. The van der Waals surface area contributed by atoms with Crippen LogP contribution in [0.15, 0.2) is 65.3 Å². The Bertz CT molecular complexity index is 1180. The van der Waals surface area contributed by atoms with Crippen molar-refractivity contribution >= 4 is 45.9 Å². The molecule has 2 aromatic heterocycles. The molecule has 0 aliphatic heterocycles. The lowest BCUT2D eigenvalue weighted by atomic mass is 10.2. The summed E-state index contributed by atoms with van der Waals surface area (Å²) in [4.78, 5) is 20.9. The number of hydrogen-bond acceptors (Lipinski definition) is 5. The van der Waals surface area contributed by atoms with E-state index in [9.17, 15) is 4.79 Å². The van der Waals surface area contributed by atoms with Crippen molar-refractivity contribution in [3.63, 3.8) is 0 Å². The highest BCUT2D eigenvalue weighted by Gasteiger charge is 2.17. The van der Waals surface area contributed by atoms with Crippen molar-refractivity contribution in [3.8, 4) is 17.2 Å². The van der Waals surface area contributed by atoms with Crippen LogP contribution in [0.1, 0.15) is 6.92 Å². The first-order valence-corrected chi connectivity index (χ1v) is 9.49. The zero-order valence-electron chi connectivity index (χ0n) is 15.2. The molecule has 0 bridgehead atoms. The predicted octanol–water partition coefficient (Wildman–Crippen LogP) is 5.60. The predicted molar refractivity (Wildman–Crippen MR) is 112 cm³/mol. The minimum Gasteiger partial charge on any atom is -0.479 e. The van der Waals surface area contributed by atoms with Crippen molar-refractivity contribution in [1.29, 1.82) is 0 Å². The van der Waals surface area contributed by atoms with Crippen LogP contribution in [-0.2, 0) is 4.79 Å². The summed E-state index contributed by atoms with van der Waals surface area (Å²) in [5, 5.41) is 3.63. The molecule has 1 amide bonds. The fourth-order valence-electron chi connectivity index (χ4n) is 2.68. The average molecular weight is 428 g/mol. The van der Waals surface area contributed by atoms with E-state index in [0.717, 1.165) is 5.56 Å². The van der Waals surface area contributed by atoms with Crippen LogP contribution in [0, 0.1) is 0 Å². The number of hydrogen-bond donors (Lipinski definition) is 1. The standard InChI is InChI=1S/C21H15Cl2N3O3/c1-12(28-18-5-2-14(22)10-16(18)23)20(27)25-15-3-4-17-19(11-15)29-21(26-17)13-6-8-24-9-7-13/h2-12H,1H3,(H,25,27). The van der Waals surface area contributed by atoms with E-state index < -0.39 is 6.10 Å². The molecule has 0 saturated heterocycles. The number of halogens is 2. The fourth-order valence-corrected chi connectivity index (χ4v) is 3.13. The third kappa shape index (κ3) is 4.34. The van der Waals surface area contributed by atoms with E-state index in [1.54, 1.807) is 55.7 Å². The van der Waals surface area contributed by atoms with Crippen molar-refractivity contribution in [3.05, 3.63) is 71.0 Å². The Hall–Kier alpha value is -3.09. The number of rotatable bonds is 5. The third-order valence-electron chi connectivity index (χ3n) is 4.15. The number of aromatic nitrogens is 2. The molecule has 1 atom stereocenters. The first kappa shape index (κ1) is 19.2. The van der Waals surface area contributed by atoms with Gasteiger partial charge in [0, 0.05) is 34.7 Å². The summed E-state index contributed by atoms with van der Waals surface area (Å²) in [5.41, 5.74) is 2.64. The summed E-state index contributed by atoms with van der Waals surface area (Å²) in [6, 6.07) is 13.7. The van der Waals surface area contributed by atoms with Gasteiger partial charge in [-0.15, -0.1) is 0 Å². The van der Waals surface area contributed by atoms with Gasteiger partial charge in [0.05, 0.1) is 5.02 Å². The number of amides is 1. The third-order valence-corrected chi connectivity index (χ3v) is 4.68. The number of nitrogens with one attached hydrogen (secondary N) is 1. The van der Waals surface area contributed by atoms with Gasteiger partial charge in [-0.25, -0.2) is 4.98 Å². The number of oxazole rings is 1. The van der Waals surface area contributed by atoms with Gasteiger partial charge in [-0.1, -0.05) is 23.2 Å². The Morgan fingerprint density at radius 1 is 1.10 bits per heavy atom. The van der Waals surface area contributed by atoms with Crippen LogP contribution >= 0.6 is 23.2 Å². The van der Waals surface area contributed by atoms with Crippen LogP contribution in [0.5, 0.6) is 5.75 Å². The fraction of sp³-hybridized carbons (Fsp3) is 0.0952. The number of nitrogens with zero attached hydrogens (tertiary/aromatic N) is 2. The second-order valence-electron chi connectivity index (χ2n) is 6.26. The average Bonchev–Trinajstić information content (AvgIpc) is 3.14. The number of ether oxygens (including phenoxy) is 1. The van der Waals surface area contributed by atoms with Gasteiger partial charge in [0.2, 0.25) is 5.89 Å². The topological polar surface area (TPSA) is 77.2 Å². The number of carbonyl (C=O) groups is 1. The van der Waals surface area contributed by atoms with E-state index in [4.69, 9.17) is 32.4 Å². The Balaban J connectivity index is 1.48. The van der Waals surface area contributed by atoms with Gasteiger partial charge < -0.3 is 14.5 Å². The van der Waals surface area contributed by atoms with Gasteiger partial charge in [0.25, 0.3) is 5.91 Å². The molecule has 4 rings (SSSR count). The van der Waals surface area contributed by atoms with Crippen LogP contribution in [0.4, 0.5) is 5.69 Å². The monoisotopic (exact) mass is 427 g/mol. The Morgan fingerprint density at radius 2 is 1.90 bits per heavy atom. The lowest BCUT2D eigenvalue weighted by Crippen LogP contribution is -2.30. The van der Waals surface area contributed by atoms with Gasteiger partial charge >= 0.3 is 0 Å². The molecule has 1 N–H and O–H groups in total. The summed E-state index contributed by atoms with van der Waals surface area (Å²) in [6.45, 7) is 1.63. The van der Waals surface area contributed by atoms with Crippen LogP contribution < -0.4 is 10.1 Å². The summed E-state index contributed by atoms with van der Waals surface area (Å²) in [7, 11) is 0. The first-order chi connectivity index (χ1) is 14.0. The van der Waals surface area contributed by atoms with E-state index >= 15 is 0 Å². The van der Waals surface area contributed by atoms with Gasteiger partial charge in [-0.3, -0.25) is 9.78 Å². The SMILES string of the molecule is CC(Oc1ccc(Cl)cc1Cl)C(=O)Nc1ccc2nc(-c3ccncc3)oc2c1. The van der Waals surface area contributed by atoms with Gasteiger partial charge in [-0.05, 0) is 49.4 Å². The highest BCUT2D eigenvalue weighted by Crippen LogP contribution is 2.29. The number of fused-ring (bicyclic) bond motifs is 1. The Kier molecular flexibility index (Phi) is 5.38. The van der Waals surface area contributed by atoms with Gasteiger partial charge in [0.1, 0.15) is 11.3 Å². The molecule has 6 nitrogen and oxygen atoms in total. The molecule has 29 heavy (non-hydrogen) atoms. The molecule has 0 fully saturated rings. The second-order valence-corrected chi connectivity index (χ2v) is 7.11. The number of pyridine rings is 1. The zero-order valence-corrected chi connectivity index (χ0v) is 16.7. The summed E-state index contributed by atoms with van der Waals surface area (Å²) in [6.07, 6.45) is 2.57. The van der Waals surface area contributed by atoms with E-state index in [2.05, 4.69) is 15.3 Å². The molecule has 0 saturated carbocycles. The second kappa shape index (κ2) is 8.11. The van der Waals surface area contributed by atoms with Crippen molar-refractivity contribution in [2.75, 3.05) is 5.32 Å². The van der Waals surface area contributed by atoms with Gasteiger partial charge in [0.15, 0.2) is 11.7 Å². The summed E-state index contributed by atoms with van der Waals surface area (Å²) in [5.74, 6) is 0.538. The number of benzene rings is 2. The molecule has 146 valence electrons. The maximum absolute atomic E-state index is 12.5. The maximum atomic E-state index is 12.5. The minimum atomic E-state index is -0.772. The molecule has 1 unspecified atom stereocenters. The number of anilines is 1. The lowest BCUT2D eigenvalue weighted by molar-refractivity contribution is -0.122. The van der Waals surface area contributed by atoms with Crippen LogP contribution in [0.3, 0.4) is 0 Å². The van der Waals surface area contributed by atoms with Crippen LogP contribution in [-0.4, -0.2) is 22.0 Å². The molecule has 0 spiro atoms. The highest BCUT2D eigenvalue weighted by atomic mass is 35.5. The maximum Gasteiger partial charge on any atom is 0.265 e. The molecular weight excluding hydrogens is 413 g/mol. The van der Waals surface area contributed by atoms with Crippen LogP contribution in [0.25, 0.3) is 22.6 Å².